The summed E-state index contributed by atoms with van der Waals surface area (Å²) in [5.74, 6) is 0. The summed E-state index contributed by atoms with van der Waals surface area (Å²) in [6.07, 6.45) is 0.723. The third-order valence-corrected chi connectivity index (χ3v) is 6.27. The number of nitrogens with zero attached hydrogens (tertiary/aromatic N) is 1. The van der Waals surface area contributed by atoms with Crippen molar-refractivity contribution in [2.24, 2.45) is 0 Å². The summed E-state index contributed by atoms with van der Waals surface area (Å²) in [6, 6.07) is 19.5. The molecule has 0 saturated carbocycles. The summed E-state index contributed by atoms with van der Waals surface area (Å²) >= 11 is 0.736. The smallest absolute Gasteiger partial charge is 0.317 e. The summed E-state index contributed by atoms with van der Waals surface area (Å²) in [7, 11) is 3.90. The lowest BCUT2D eigenvalue weighted by atomic mass is 9.97. The Morgan fingerprint density at radius 1 is 1.00 bits per heavy atom. The lowest BCUT2D eigenvalue weighted by molar-refractivity contribution is 0.285. The minimum Gasteiger partial charge on any atom is -0.317 e. The van der Waals surface area contributed by atoms with Crippen molar-refractivity contribution in [1.29, 1.82) is 0 Å². The van der Waals surface area contributed by atoms with Crippen LogP contribution in [0.5, 0.6) is 0 Å². The summed E-state index contributed by atoms with van der Waals surface area (Å²) < 4.78 is 11.6. The van der Waals surface area contributed by atoms with E-state index in [1.165, 1.54) is 0 Å². The summed E-state index contributed by atoms with van der Waals surface area (Å²) in [5.41, 5.74) is 2.08. The molecule has 6 heteroatoms. The molecule has 2 atom stereocenters. The van der Waals surface area contributed by atoms with E-state index >= 15 is 0 Å². The number of likely N-dealkylation sites (N-methyl/N-ethyl adjacent to an activating group) is 1. The number of hydrogen-bond donors (Lipinski definition) is 2. The van der Waals surface area contributed by atoms with E-state index < -0.39 is 6.80 Å². The molecule has 2 unspecified atom stereocenters. The fourth-order valence-corrected chi connectivity index (χ4v) is 5.29. The van der Waals surface area contributed by atoms with Gasteiger partial charge in [0.05, 0.1) is 5.25 Å². The van der Waals surface area contributed by atoms with Crippen LogP contribution < -0.4 is 0 Å². The van der Waals surface area contributed by atoms with Gasteiger partial charge >= 0.3 is 6.80 Å². The maximum absolute atomic E-state index is 11.6. The van der Waals surface area contributed by atoms with Gasteiger partial charge in [-0.1, -0.05) is 60.7 Å². The van der Waals surface area contributed by atoms with E-state index in [4.69, 9.17) is 0 Å². The van der Waals surface area contributed by atoms with E-state index in [0.717, 1.165) is 28.9 Å². The Hall–Kier alpha value is -1.10. The van der Waals surface area contributed by atoms with Gasteiger partial charge in [-0.15, -0.1) is 0 Å². The molecular formula is C17H22NO3PS. The Bertz CT molecular complexity index is 645. The highest BCUT2D eigenvalue weighted by Crippen LogP contribution is 2.59. The lowest BCUT2D eigenvalue weighted by Gasteiger charge is -2.32. The maximum Gasteiger partial charge on any atom is 0.384 e. The van der Waals surface area contributed by atoms with Crippen LogP contribution in [0.25, 0.3) is 0 Å². The molecule has 0 aliphatic heterocycles. The zero-order valence-corrected chi connectivity index (χ0v) is 15.0. The van der Waals surface area contributed by atoms with Crippen molar-refractivity contribution < 1.29 is 14.4 Å². The average molecular weight is 351 g/mol. The van der Waals surface area contributed by atoms with Crippen LogP contribution >= 0.6 is 18.2 Å². The van der Waals surface area contributed by atoms with E-state index in [0.29, 0.717) is 0 Å². The molecule has 0 aliphatic carbocycles. The molecule has 0 amide bonds. The molecular weight excluding hydrogens is 329 g/mol. The van der Waals surface area contributed by atoms with Crippen LogP contribution in [0.2, 0.25) is 0 Å². The molecule has 2 N–H and O–H groups in total. The van der Waals surface area contributed by atoms with Gasteiger partial charge in [0.15, 0.2) is 0 Å². The molecule has 0 radical (unpaired) electrons. The fourth-order valence-electron chi connectivity index (χ4n) is 2.56. The minimum atomic E-state index is -4.20. The summed E-state index contributed by atoms with van der Waals surface area (Å²) in [4.78, 5) is 21.0. The summed E-state index contributed by atoms with van der Waals surface area (Å²) in [5, 5.41) is -0.313. The van der Waals surface area contributed by atoms with Crippen LogP contribution in [-0.4, -0.2) is 34.8 Å². The first-order valence-corrected chi connectivity index (χ1v) is 10.5. The van der Waals surface area contributed by atoms with Gasteiger partial charge in [-0.2, -0.15) is 0 Å². The van der Waals surface area contributed by atoms with Gasteiger partial charge in [0.2, 0.25) is 0 Å². The minimum absolute atomic E-state index is 0.0302. The van der Waals surface area contributed by atoms with Crippen molar-refractivity contribution >= 4 is 18.2 Å². The number of benzene rings is 2. The van der Waals surface area contributed by atoms with Gasteiger partial charge in [0.25, 0.3) is 0 Å². The van der Waals surface area contributed by atoms with Crippen LogP contribution in [-0.2, 0) is 11.0 Å². The molecule has 0 fully saturated rings. The predicted molar refractivity (Wildman–Crippen MR) is 96.4 cm³/mol. The van der Waals surface area contributed by atoms with Crippen molar-refractivity contribution in [3.63, 3.8) is 0 Å². The monoisotopic (exact) mass is 351 g/mol. The van der Waals surface area contributed by atoms with E-state index in [2.05, 4.69) is 0 Å². The second kappa shape index (κ2) is 8.13. The largest absolute Gasteiger partial charge is 0.384 e. The second-order valence-corrected chi connectivity index (χ2v) is 9.41. The third-order valence-electron chi connectivity index (χ3n) is 3.68. The number of hydrogen-bond acceptors (Lipinski definition) is 3. The van der Waals surface area contributed by atoms with Gasteiger partial charge < -0.3 is 14.7 Å². The van der Waals surface area contributed by atoms with Crippen molar-refractivity contribution in [2.75, 3.05) is 14.1 Å². The molecule has 2 aromatic carbocycles. The van der Waals surface area contributed by atoms with Crippen molar-refractivity contribution in [3.8, 4) is 0 Å². The zero-order chi connectivity index (χ0) is 16.9. The third kappa shape index (κ3) is 5.79. The quantitative estimate of drug-likeness (QED) is 0.745. The highest BCUT2D eigenvalue weighted by atomic mass is 32.7. The van der Waals surface area contributed by atoms with Gasteiger partial charge in [-0.25, -0.2) is 4.57 Å². The fraction of sp³-hybridized carbons (Fsp3) is 0.294. The number of rotatable bonds is 7. The van der Waals surface area contributed by atoms with Gasteiger partial charge in [0.1, 0.15) is 0 Å². The van der Waals surface area contributed by atoms with Crippen molar-refractivity contribution in [3.05, 3.63) is 71.8 Å². The van der Waals surface area contributed by atoms with Crippen LogP contribution in [0.3, 0.4) is 0 Å². The molecule has 23 heavy (non-hydrogen) atoms. The van der Waals surface area contributed by atoms with E-state index in [9.17, 15) is 14.4 Å². The molecule has 2 rings (SSSR count). The van der Waals surface area contributed by atoms with Crippen LogP contribution in [0, 0.1) is 0 Å². The first-order valence-electron chi connectivity index (χ1n) is 7.36. The standard InChI is InChI=1S/C17H22NO3PS/c1-18(2)16(13-14-9-5-3-6-10-14)17(23-22(19,20)21)15-11-7-4-8-12-15/h3-12,16-17H,13H2,1-2H3,(H2,19,20,21). The molecule has 4 nitrogen and oxygen atoms in total. The lowest BCUT2D eigenvalue weighted by Crippen LogP contribution is -2.34. The molecule has 0 spiro atoms. The average Bonchev–Trinajstić information content (AvgIpc) is 2.51. The van der Waals surface area contributed by atoms with Crippen LogP contribution in [0.1, 0.15) is 16.4 Å². The molecule has 124 valence electrons. The topological polar surface area (TPSA) is 60.8 Å². The van der Waals surface area contributed by atoms with Gasteiger partial charge in [-0.3, -0.25) is 0 Å². The Morgan fingerprint density at radius 3 is 2.00 bits per heavy atom. The SMILES string of the molecule is CN(C)C(Cc1ccccc1)C(SP(=O)(O)O)c1ccccc1. The molecule has 2 aromatic rings. The van der Waals surface area contributed by atoms with Crippen molar-refractivity contribution in [1.82, 2.24) is 4.90 Å². The molecule has 0 aliphatic rings. The van der Waals surface area contributed by atoms with Crippen LogP contribution in [0.15, 0.2) is 60.7 Å². The molecule has 0 bridgehead atoms. The Labute approximate surface area is 141 Å². The Balaban J connectivity index is 2.34. The Morgan fingerprint density at radius 2 is 1.52 bits per heavy atom. The molecule has 0 aromatic heterocycles. The van der Waals surface area contributed by atoms with Gasteiger partial charge in [-0.05, 0) is 43.0 Å². The van der Waals surface area contributed by atoms with Crippen LogP contribution in [0.4, 0.5) is 0 Å². The van der Waals surface area contributed by atoms with E-state index in [1.54, 1.807) is 0 Å². The summed E-state index contributed by atoms with van der Waals surface area (Å²) in [6.45, 7) is -4.20. The predicted octanol–water partition coefficient (Wildman–Crippen LogP) is 3.73. The first kappa shape index (κ1) is 18.2. The van der Waals surface area contributed by atoms with Gasteiger partial charge in [0, 0.05) is 6.04 Å². The highest BCUT2D eigenvalue weighted by molar-refractivity contribution is 8.54. The van der Waals surface area contributed by atoms with E-state index in [-0.39, 0.29) is 11.3 Å². The van der Waals surface area contributed by atoms with Crippen molar-refractivity contribution in [2.45, 2.75) is 17.7 Å². The normalized spacial score (nSPS) is 14.7. The Kier molecular flexibility index (Phi) is 6.45. The zero-order valence-electron chi connectivity index (χ0n) is 13.2. The first-order chi connectivity index (χ1) is 10.9. The highest BCUT2D eigenvalue weighted by Gasteiger charge is 2.32. The molecule has 0 saturated heterocycles. The van der Waals surface area contributed by atoms with E-state index in [1.807, 2.05) is 79.7 Å². The maximum atomic E-state index is 11.6. The molecule has 0 heterocycles. The second-order valence-electron chi connectivity index (χ2n) is 5.65.